The molecule has 9 nitrogen and oxygen atoms in total. The summed E-state index contributed by atoms with van der Waals surface area (Å²) >= 11 is 0.965. The van der Waals surface area contributed by atoms with Crippen molar-refractivity contribution in [3.8, 4) is 0 Å². The Kier molecular flexibility index (Phi) is 6.13. The van der Waals surface area contributed by atoms with Crippen molar-refractivity contribution in [2.75, 3.05) is 11.1 Å². The molecule has 0 unspecified atom stereocenters. The van der Waals surface area contributed by atoms with Gasteiger partial charge in [0.15, 0.2) is 0 Å². The first-order chi connectivity index (χ1) is 13.8. The van der Waals surface area contributed by atoms with E-state index in [1.54, 1.807) is 24.3 Å². The zero-order valence-electron chi connectivity index (χ0n) is 15.2. The van der Waals surface area contributed by atoms with Crippen molar-refractivity contribution in [1.82, 2.24) is 5.32 Å². The minimum absolute atomic E-state index is 0.0202. The van der Waals surface area contributed by atoms with Gasteiger partial charge in [-0.05, 0) is 43.2 Å². The van der Waals surface area contributed by atoms with Crippen LogP contribution in [0.4, 0.5) is 11.4 Å². The topological polar surface area (TPSA) is 144 Å². The molecule has 1 aliphatic rings. The number of hydrogen-bond donors (Lipinski definition) is 3. The maximum absolute atomic E-state index is 12.2. The van der Waals surface area contributed by atoms with Gasteiger partial charge in [0.2, 0.25) is 11.8 Å². The standard InChI is InChI=1S/C19H18N4O5S/c20-18(25)11-4-7-16(15(9-11)23(27)28)29-10-17(24)21-14-3-1-2-12(8-14)19(26)22-13-5-6-13/h1-4,7-9,13H,5-6,10H2,(H2,20,25)(H,21,24)(H,22,26). The molecular weight excluding hydrogens is 396 g/mol. The van der Waals surface area contributed by atoms with Gasteiger partial charge in [0.25, 0.3) is 11.6 Å². The van der Waals surface area contributed by atoms with Gasteiger partial charge in [-0.15, -0.1) is 11.8 Å². The fraction of sp³-hybridized carbons (Fsp3) is 0.211. The highest BCUT2D eigenvalue weighted by Crippen LogP contribution is 2.30. The molecule has 3 amide bonds. The molecule has 0 atom stereocenters. The van der Waals surface area contributed by atoms with Crippen LogP contribution in [0, 0.1) is 10.1 Å². The number of nitrogens with one attached hydrogen (secondary N) is 2. The zero-order valence-corrected chi connectivity index (χ0v) is 16.0. The molecule has 3 rings (SSSR count). The van der Waals surface area contributed by atoms with Gasteiger partial charge >= 0.3 is 0 Å². The number of nitrogens with zero attached hydrogens (tertiary/aromatic N) is 1. The molecule has 0 bridgehead atoms. The number of nitro benzene ring substituents is 1. The van der Waals surface area contributed by atoms with Crippen molar-refractivity contribution < 1.29 is 19.3 Å². The number of anilines is 1. The fourth-order valence-electron chi connectivity index (χ4n) is 2.51. The number of primary amides is 1. The first kappa shape index (κ1) is 20.3. The lowest BCUT2D eigenvalue weighted by Crippen LogP contribution is -2.25. The number of thioether (sulfide) groups is 1. The lowest BCUT2D eigenvalue weighted by molar-refractivity contribution is -0.387. The number of hydrogen-bond acceptors (Lipinski definition) is 6. The smallest absolute Gasteiger partial charge is 0.283 e. The van der Waals surface area contributed by atoms with Crippen LogP contribution in [0.2, 0.25) is 0 Å². The lowest BCUT2D eigenvalue weighted by Gasteiger charge is -2.08. The Morgan fingerprint density at radius 2 is 1.90 bits per heavy atom. The van der Waals surface area contributed by atoms with E-state index in [4.69, 9.17) is 5.73 Å². The van der Waals surface area contributed by atoms with Crippen molar-refractivity contribution in [2.24, 2.45) is 5.73 Å². The van der Waals surface area contributed by atoms with Gasteiger partial charge in [0.05, 0.1) is 15.6 Å². The van der Waals surface area contributed by atoms with E-state index >= 15 is 0 Å². The average molecular weight is 414 g/mol. The Bertz CT molecular complexity index is 990. The number of nitrogens with two attached hydrogens (primary N) is 1. The van der Waals surface area contributed by atoms with E-state index in [1.165, 1.54) is 12.1 Å². The first-order valence-corrected chi connectivity index (χ1v) is 9.74. The second-order valence-electron chi connectivity index (χ2n) is 6.47. The number of rotatable bonds is 8. The minimum Gasteiger partial charge on any atom is -0.366 e. The summed E-state index contributed by atoms with van der Waals surface area (Å²) in [6.07, 6.45) is 1.96. The number of carbonyl (C=O) groups is 3. The van der Waals surface area contributed by atoms with E-state index < -0.39 is 10.8 Å². The molecule has 1 fully saturated rings. The molecule has 2 aromatic rings. The van der Waals surface area contributed by atoms with E-state index in [-0.39, 0.29) is 39.8 Å². The maximum Gasteiger partial charge on any atom is 0.283 e. The number of amides is 3. The van der Waals surface area contributed by atoms with Gasteiger partial charge in [-0.1, -0.05) is 6.07 Å². The molecule has 29 heavy (non-hydrogen) atoms. The van der Waals surface area contributed by atoms with Crippen molar-refractivity contribution in [3.05, 3.63) is 63.7 Å². The largest absolute Gasteiger partial charge is 0.366 e. The summed E-state index contributed by atoms with van der Waals surface area (Å²) < 4.78 is 0. The van der Waals surface area contributed by atoms with Crippen LogP contribution in [-0.4, -0.2) is 34.4 Å². The van der Waals surface area contributed by atoms with Crippen LogP contribution >= 0.6 is 11.8 Å². The third-order valence-electron chi connectivity index (χ3n) is 4.12. The molecule has 4 N–H and O–H groups in total. The van der Waals surface area contributed by atoms with Gasteiger partial charge in [-0.3, -0.25) is 24.5 Å². The van der Waals surface area contributed by atoms with Gasteiger partial charge in [0.1, 0.15) is 0 Å². The number of carbonyl (C=O) groups excluding carboxylic acids is 3. The molecule has 1 saturated carbocycles. The number of benzene rings is 2. The van der Waals surface area contributed by atoms with Gasteiger partial charge < -0.3 is 16.4 Å². The highest BCUT2D eigenvalue weighted by Gasteiger charge is 2.24. The quantitative estimate of drug-likeness (QED) is 0.343. The van der Waals surface area contributed by atoms with E-state index in [9.17, 15) is 24.5 Å². The summed E-state index contributed by atoms with van der Waals surface area (Å²) in [4.78, 5) is 46.4. The molecule has 1 aliphatic carbocycles. The van der Waals surface area contributed by atoms with E-state index in [2.05, 4.69) is 10.6 Å². The lowest BCUT2D eigenvalue weighted by atomic mass is 10.2. The molecule has 0 saturated heterocycles. The fourth-order valence-corrected chi connectivity index (χ4v) is 3.31. The minimum atomic E-state index is -0.770. The monoisotopic (exact) mass is 414 g/mol. The van der Waals surface area contributed by atoms with Crippen LogP contribution in [0.5, 0.6) is 0 Å². The molecule has 150 valence electrons. The molecule has 0 radical (unpaired) electrons. The van der Waals surface area contributed by atoms with Crippen molar-refractivity contribution >= 4 is 40.9 Å². The Morgan fingerprint density at radius 3 is 2.55 bits per heavy atom. The molecule has 0 aromatic heterocycles. The SMILES string of the molecule is NC(=O)c1ccc(SCC(=O)Nc2cccc(C(=O)NC3CC3)c2)c([N+](=O)[O-])c1. The molecule has 0 spiro atoms. The molecular formula is C19H18N4O5S. The van der Waals surface area contributed by atoms with Crippen LogP contribution in [0.25, 0.3) is 0 Å². The van der Waals surface area contributed by atoms with E-state index in [0.29, 0.717) is 11.3 Å². The Morgan fingerprint density at radius 1 is 1.14 bits per heavy atom. The van der Waals surface area contributed by atoms with Crippen LogP contribution in [0.1, 0.15) is 33.6 Å². The highest BCUT2D eigenvalue weighted by atomic mass is 32.2. The summed E-state index contributed by atoms with van der Waals surface area (Å²) in [5.41, 5.74) is 5.77. The average Bonchev–Trinajstić information content (AvgIpc) is 3.50. The summed E-state index contributed by atoms with van der Waals surface area (Å²) in [6.45, 7) is 0. The second-order valence-corrected chi connectivity index (χ2v) is 7.49. The third-order valence-corrected chi connectivity index (χ3v) is 5.18. The predicted octanol–water partition coefficient (Wildman–Crippen LogP) is 2.32. The normalized spacial score (nSPS) is 12.8. The maximum atomic E-state index is 12.2. The van der Waals surface area contributed by atoms with E-state index in [1.807, 2.05) is 0 Å². The van der Waals surface area contributed by atoms with Crippen LogP contribution in [0.3, 0.4) is 0 Å². The van der Waals surface area contributed by atoms with Crippen LogP contribution in [0.15, 0.2) is 47.4 Å². The van der Waals surface area contributed by atoms with E-state index in [0.717, 1.165) is 30.7 Å². The van der Waals surface area contributed by atoms with Crippen LogP contribution < -0.4 is 16.4 Å². The van der Waals surface area contributed by atoms with Gasteiger partial charge in [-0.25, -0.2) is 0 Å². The number of nitro groups is 1. The summed E-state index contributed by atoms with van der Waals surface area (Å²) in [6, 6.07) is 10.6. The summed E-state index contributed by atoms with van der Waals surface area (Å²) in [5.74, 6) is -1.44. The summed E-state index contributed by atoms with van der Waals surface area (Å²) in [5, 5.41) is 16.8. The molecule has 10 heteroatoms. The summed E-state index contributed by atoms with van der Waals surface area (Å²) in [7, 11) is 0. The third kappa shape index (κ3) is 5.55. The van der Waals surface area contributed by atoms with Gasteiger partial charge in [-0.2, -0.15) is 0 Å². The first-order valence-electron chi connectivity index (χ1n) is 8.75. The molecule has 2 aromatic carbocycles. The Hall–Kier alpha value is -3.40. The van der Waals surface area contributed by atoms with Crippen molar-refractivity contribution in [2.45, 2.75) is 23.8 Å². The molecule has 0 heterocycles. The zero-order chi connectivity index (χ0) is 21.0. The predicted molar refractivity (Wildman–Crippen MR) is 108 cm³/mol. The van der Waals surface area contributed by atoms with Crippen LogP contribution in [-0.2, 0) is 4.79 Å². The second kappa shape index (κ2) is 8.74. The highest BCUT2D eigenvalue weighted by molar-refractivity contribution is 8.00. The van der Waals surface area contributed by atoms with Crippen molar-refractivity contribution in [3.63, 3.8) is 0 Å². The van der Waals surface area contributed by atoms with Gasteiger partial charge in [0, 0.05) is 28.9 Å². The molecule has 0 aliphatic heterocycles. The Balaban J connectivity index is 1.62. The van der Waals surface area contributed by atoms with Crippen molar-refractivity contribution in [1.29, 1.82) is 0 Å². The Labute approximate surface area is 170 Å².